The minimum atomic E-state index is -0.722. The average molecular weight is 453 g/mol. The van der Waals surface area contributed by atoms with Gasteiger partial charge in [-0.05, 0) is 19.4 Å². The van der Waals surface area contributed by atoms with Gasteiger partial charge in [0.15, 0.2) is 12.2 Å². The summed E-state index contributed by atoms with van der Waals surface area (Å²) >= 11 is 0. The van der Waals surface area contributed by atoms with Gasteiger partial charge in [0.2, 0.25) is 5.91 Å². The van der Waals surface area contributed by atoms with Crippen molar-refractivity contribution in [3.8, 4) is 0 Å². The fraction of sp³-hybridized carbons (Fsp3) is 0.636. The van der Waals surface area contributed by atoms with Gasteiger partial charge < -0.3 is 40.5 Å². The number of hydrogen-bond acceptors (Lipinski definition) is 7. The highest BCUT2D eigenvalue weighted by molar-refractivity contribution is 5.78. The number of ether oxygens (including phenoxy) is 5. The van der Waals surface area contributed by atoms with Crippen molar-refractivity contribution in [1.82, 2.24) is 5.32 Å². The molecule has 0 aromatic heterocycles. The summed E-state index contributed by atoms with van der Waals surface area (Å²) in [4.78, 5) is 16.4. The van der Waals surface area contributed by atoms with E-state index in [0.29, 0.717) is 19.8 Å². The van der Waals surface area contributed by atoms with E-state index < -0.39 is 30.6 Å². The molecule has 10 heteroatoms. The van der Waals surface area contributed by atoms with Gasteiger partial charge in [0.25, 0.3) is 0 Å². The second-order valence-corrected chi connectivity index (χ2v) is 7.27. The Kier molecular flexibility index (Phi) is 11.4. The van der Waals surface area contributed by atoms with E-state index in [9.17, 15) is 4.79 Å². The van der Waals surface area contributed by atoms with Crippen LogP contribution in [-0.2, 0) is 35.1 Å². The zero-order valence-corrected chi connectivity index (χ0v) is 19.1. The maximum Gasteiger partial charge on any atom is 0.222 e. The summed E-state index contributed by atoms with van der Waals surface area (Å²) in [6.07, 6.45) is -2.00. The van der Waals surface area contributed by atoms with Crippen molar-refractivity contribution in [3.63, 3.8) is 0 Å². The number of guanidine groups is 1. The smallest absolute Gasteiger partial charge is 0.222 e. The summed E-state index contributed by atoms with van der Waals surface area (Å²) in [6.45, 7) is 5.49. The molecule has 1 amide bonds. The highest BCUT2D eigenvalue weighted by Crippen LogP contribution is 2.27. The molecule has 0 radical (unpaired) electrons. The third-order valence-electron chi connectivity index (χ3n) is 4.96. The largest absolute Gasteiger partial charge is 0.376 e. The number of nitrogens with two attached hydrogens (primary N) is 2. The van der Waals surface area contributed by atoms with Crippen molar-refractivity contribution in [3.05, 3.63) is 35.9 Å². The number of hydrogen-bond donors (Lipinski definition) is 3. The summed E-state index contributed by atoms with van der Waals surface area (Å²) in [6, 6.07) is 9.30. The van der Waals surface area contributed by atoms with Gasteiger partial charge in [-0.3, -0.25) is 9.79 Å². The molecule has 2 rings (SSSR count). The molecule has 32 heavy (non-hydrogen) atoms. The summed E-state index contributed by atoms with van der Waals surface area (Å²) in [5.74, 6) is -0.303. The molecule has 5 atom stereocenters. The summed E-state index contributed by atoms with van der Waals surface area (Å²) in [7, 11) is 1.59. The van der Waals surface area contributed by atoms with E-state index in [-0.39, 0.29) is 31.4 Å². The lowest BCUT2D eigenvalue weighted by Crippen LogP contribution is -2.66. The highest BCUT2D eigenvalue weighted by Gasteiger charge is 2.48. The predicted molar refractivity (Wildman–Crippen MR) is 120 cm³/mol. The van der Waals surface area contributed by atoms with E-state index >= 15 is 0 Å². The number of amides is 1. The first-order chi connectivity index (χ1) is 15.5. The Balaban J connectivity index is 2.08. The van der Waals surface area contributed by atoms with Gasteiger partial charge in [-0.15, -0.1) is 0 Å². The number of benzene rings is 1. The topological polar surface area (TPSA) is 140 Å². The van der Waals surface area contributed by atoms with Gasteiger partial charge >= 0.3 is 0 Å². The molecule has 180 valence electrons. The van der Waals surface area contributed by atoms with Crippen molar-refractivity contribution < 1.29 is 28.5 Å². The molecule has 1 aliphatic heterocycles. The van der Waals surface area contributed by atoms with Gasteiger partial charge in [0.05, 0.1) is 19.8 Å². The molecular formula is C22H36N4O6. The van der Waals surface area contributed by atoms with E-state index in [2.05, 4.69) is 10.3 Å². The number of carbonyl (C=O) groups is 1. The second-order valence-electron chi connectivity index (χ2n) is 7.27. The lowest BCUT2D eigenvalue weighted by Gasteiger charge is -2.45. The van der Waals surface area contributed by atoms with Crippen LogP contribution in [0.4, 0.5) is 0 Å². The minimum absolute atomic E-state index is 0.0593. The summed E-state index contributed by atoms with van der Waals surface area (Å²) in [5.41, 5.74) is 11.7. The van der Waals surface area contributed by atoms with E-state index in [1.807, 2.05) is 44.2 Å². The van der Waals surface area contributed by atoms with Crippen LogP contribution in [0.2, 0.25) is 0 Å². The van der Waals surface area contributed by atoms with Gasteiger partial charge in [-0.1, -0.05) is 30.3 Å². The molecule has 0 spiro atoms. The van der Waals surface area contributed by atoms with Crippen molar-refractivity contribution in [2.24, 2.45) is 16.5 Å². The zero-order valence-electron chi connectivity index (χ0n) is 19.1. The third-order valence-corrected chi connectivity index (χ3v) is 4.96. The fourth-order valence-electron chi connectivity index (χ4n) is 3.59. The molecule has 1 aromatic carbocycles. The monoisotopic (exact) mass is 452 g/mol. The van der Waals surface area contributed by atoms with Crippen LogP contribution in [-0.4, -0.2) is 76.0 Å². The van der Waals surface area contributed by atoms with Crippen molar-refractivity contribution in [2.45, 2.75) is 57.5 Å². The molecule has 3 unspecified atom stereocenters. The molecule has 0 aliphatic carbocycles. The SMILES string of the molecule is CCOC1OC(COCc2ccccc2)[C@@H](OC)[C@H](OCC)C1NC(=O)CCN=C(N)N. The molecular weight excluding hydrogens is 416 g/mol. The van der Waals surface area contributed by atoms with Crippen LogP contribution in [0.25, 0.3) is 0 Å². The van der Waals surface area contributed by atoms with Crippen LogP contribution >= 0.6 is 0 Å². The summed E-state index contributed by atoms with van der Waals surface area (Å²) < 4.78 is 29.6. The average Bonchev–Trinajstić information content (AvgIpc) is 2.77. The molecule has 0 bridgehead atoms. The van der Waals surface area contributed by atoms with Crippen LogP contribution in [0.15, 0.2) is 35.3 Å². The number of methoxy groups -OCH3 is 1. The Hall–Kier alpha value is -2.24. The van der Waals surface area contributed by atoms with E-state index in [0.717, 1.165) is 5.56 Å². The van der Waals surface area contributed by atoms with E-state index in [4.69, 9.17) is 35.2 Å². The quantitative estimate of drug-likeness (QED) is 0.291. The highest BCUT2D eigenvalue weighted by atomic mass is 16.7. The maximum absolute atomic E-state index is 12.5. The Labute approximate surface area is 189 Å². The van der Waals surface area contributed by atoms with Crippen LogP contribution in [0.1, 0.15) is 25.8 Å². The zero-order chi connectivity index (χ0) is 23.3. The van der Waals surface area contributed by atoms with Crippen LogP contribution in [0.5, 0.6) is 0 Å². The Bertz CT molecular complexity index is 701. The van der Waals surface area contributed by atoms with E-state index in [1.54, 1.807) is 7.11 Å². The third kappa shape index (κ3) is 8.03. The second kappa shape index (κ2) is 14.0. The Morgan fingerprint density at radius 2 is 1.84 bits per heavy atom. The predicted octanol–water partition coefficient (Wildman–Crippen LogP) is 0.533. The first-order valence-electron chi connectivity index (χ1n) is 10.9. The molecule has 1 aliphatic rings. The van der Waals surface area contributed by atoms with Crippen LogP contribution in [0.3, 0.4) is 0 Å². The lowest BCUT2D eigenvalue weighted by atomic mass is 9.96. The molecule has 1 aromatic rings. The molecule has 1 saturated heterocycles. The standard InChI is InChI=1S/C22H36N4O6/c1-4-30-20-18(26-17(27)11-12-25-22(23)24)21(31-5-2)32-16(19(20)28-3)14-29-13-15-9-7-6-8-10-15/h6-10,16,18-21H,4-5,11-14H2,1-3H3,(H,26,27)(H4,23,24,25)/t16?,18?,19-,20-,21?/m1/s1. The number of rotatable bonds is 13. The number of nitrogens with one attached hydrogen (secondary N) is 1. The van der Waals surface area contributed by atoms with Gasteiger partial charge in [-0.25, -0.2) is 0 Å². The van der Waals surface area contributed by atoms with Gasteiger partial charge in [0.1, 0.15) is 24.4 Å². The van der Waals surface area contributed by atoms with Crippen LogP contribution in [0, 0.1) is 0 Å². The van der Waals surface area contributed by atoms with Crippen molar-refractivity contribution in [1.29, 1.82) is 0 Å². The number of nitrogens with zero attached hydrogens (tertiary/aromatic N) is 1. The van der Waals surface area contributed by atoms with Gasteiger partial charge in [-0.2, -0.15) is 0 Å². The fourth-order valence-corrected chi connectivity index (χ4v) is 3.59. The summed E-state index contributed by atoms with van der Waals surface area (Å²) in [5, 5.41) is 2.94. The van der Waals surface area contributed by atoms with Crippen molar-refractivity contribution in [2.75, 3.05) is 33.5 Å². The minimum Gasteiger partial charge on any atom is -0.376 e. The maximum atomic E-state index is 12.5. The van der Waals surface area contributed by atoms with Crippen LogP contribution < -0.4 is 16.8 Å². The first kappa shape index (κ1) is 26.0. The Morgan fingerprint density at radius 1 is 1.12 bits per heavy atom. The number of carbonyl (C=O) groups excluding carboxylic acids is 1. The molecule has 0 saturated carbocycles. The Morgan fingerprint density at radius 3 is 2.47 bits per heavy atom. The van der Waals surface area contributed by atoms with E-state index in [1.165, 1.54) is 0 Å². The normalized spacial score (nSPS) is 25.3. The molecule has 10 nitrogen and oxygen atoms in total. The van der Waals surface area contributed by atoms with Gasteiger partial charge in [0, 0.05) is 26.7 Å². The molecule has 1 fully saturated rings. The number of aliphatic imine (C=N–C) groups is 1. The molecule has 5 N–H and O–H groups in total. The van der Waals surface area contributed by atoms with Crippen molar-refractivity contribution >= 4 is 11.9 Å². The first-order valence-corrected chi connectivity index (χ1v) is 10.9. The molecule has 1 heterocycles. The lowest BCUT2D eigenvalue weighted by molar-refractivity contribution is -0.282.